The van der Waals surface area contributed by atoms with Gasteiger partial charge in [-0.15, -0.1) is 0 Å². The fourth-order valence-corrected chi connectivity index (χ4v) is 23.2. The summed E-state index contributed by atoms with van der Waals surface area (Å²) < 4.78 is 21.0. The van der Waals surface area contributed by atoms with Gasteiger partial charge in [0.05, 0.1) is 0 Å². The molecule has 0 fully saturated rings. The smallest absolute Gasteiger partial charge is 0.315 e. The summed E-state index contributed by atoms with van der Waals surface area (Å²) in [5, 5.41) is 0. The van der Waals surface area contributed by atoms with Crippen molar-refractivity contribution in [1.29, 1.82) is 0 Å². The molecule has 0 aliphatic rings. The van der Waals surface area contributed by atoms with Crippen LogP contribution < -0.4 is 0 Å². The molecule has 0 radical (unpaired) electrons. The minimum atomic E-state index is -2.49. The highest BCUT2D eigenvalue weighted by atomic mass is 28.5. The topological polar surface area (TPSA) is 65.4 Å². The first-order valence-corrected chi connectivity index (χ1v) is 25.3. The third kappa shape index (κ3) is 14.9. The number of hydrogen-bond donors (Lipinski definition) is 0. The van der Waals surface area contributed by atoms with Crippen molar-refractivity contribution in [2.24, 2.45) is 9.98 Å². The van der Waals surface area contributed by atoms with Gasteiger partial charge in [0.25, 0.3) is 0 Å². The summed E-state index contributed by atoms with van der Waals surface area (Å²) in [5.41, 5.74) is 0. The maximum absolute atomic E-state index is 7.19. The van der Waals surface area contributed by atoms with Crippen molar-refractivity contribution in [3.63, 3.8) is 0 Å². The predicted octanol–water partition coefficient (Wildman–Crippen LogP) is 4.59. The summed E-state index contributed by atoms with van der Waals surface area (Å²) in [6.07, 6.45) is 1.99. The lowest BCUT2D eigenvalue weighted by atomic mass is 10.4. The number of hydrogen-bond acceptors (Lipinski definition) is 5. The molecule has 220 valence electrons. The first-order valence-electron chi connectivity index (χ1n) is 13.5. The number of rotatable bonds is 14. The van der Waals surface area contributed by atoms with Crippen molar-refractivity contribution in [2.45, 2.75) is 77.3 Å². The second-order valence-electron chi connectivity index (χ2n) is 12.7. The average Bonchev–Trinajstić information content (AvgIpc) is 2.64. The molecule has 0 aromatic carbocycles. The van der Waals surface area contributed by atoms with Crippen LogP contribution in [0.25, 0.3) is 0 Å². The first-order chi connectivity index (χ1) is 16.7. The van der Waals surface area contributed by atoms with Crippen LogP contribution in [0.1, 0.15) is 12.8 Å². The highest BCUT2D eigenvalue weighted by Gasteiger charge is 2.46. The summed E-state index contributed by atoms with van der Waals surface area (Å²) in [7, 11) is 7.42. The molecule has 0 aromatic heterocycles. The lowest BCUT2D eigenvalue weighted by Gasteiger charge is -2.43. The van der Waals surface area contributed by atoms with Gasteiger partial charge in [-0.2, -0.15) is 0 Å². The summed E-state index contributed by atoms with van der Waals surface area (Å²) in [6.45, 7) is 20.0. The van der Waals surface area contributed by atoms with E-state index in [1.165, 1.54) is 0 Å². The van der Waals surface area contributed by atoms with E-state index in [9.17, 15) is 0 Å². The van der Waals surface area contributed by atoms with Gasteiger partial charge in [0.1, 0.15) is 0 Å². The van der Waals surface area contributed by atoms with Gasteiger partial charge in [0, 0.05) is 69.5 Å². The van der Waals surface area contributed by atoms with E-state index in [1.807, 2.05) is 42.3 Å². The van der Waals surface area contributed by atoms with Crippen LogP contribution in [0.2, 0.25) is 64.5 Å². The third-order valence-electron chi connectivity index (χ3n) is 5.61. The molecule has 0 bridgehead atoms. The standard InChI is InChI=1S/C24H60N6O3Si4/c1-25-23(27(3)4)29(7)19-17-21-36(15,31-34(9,10)11)33-37(16,32-35(12,13)14)22-18-20-30(8)24(26-2)28(5)6/h17-22H2,1-16H3. The van der Waals surface area contributed by atoms with Gasteiger partial charge in [-0.25, -0.2) is 0 Å². The highest BCUT2D eigenvalue weighted by molar-refractivity contribution is 6.89. The van der Waals surface area contributed by atoms with Crippen LogP contribution in [-0.2, 0) is 12.3 Å². The summed E-state index contributed by atoms with van der Waals surface area (Å²) in [5.74, 6) is 1.96. The van der Waals surface area contributed by atoms with Gasteiger partial charge in [-0.1, -0.05) is 0 Å². The van der Waals surface area contributed by atoms with E-state index in [4.69, 9.17) is 12.3 Å². The molecule has 13 heteroatoms. The van der Waals surface area contributed by atoms with E-state index < -0.39 is 33.8 Å². The maximum Gasteiger partial charge on any atom is 0.315 e. The Bertz CT molecular complexity index is 683. The molecule has 2 unspecified atom stereocenters. The normalized spacial score (nSPS) is 16.8. The molecule has 0 saturated carbocycles. The Labute approximate surface area is 234 Å². The Balaban J connectivity index is 5.72. The second-order valence-corrected chi connectivity index (χ2v) is 29.1. The van der Waals surface area contributed by atoms with E-state index in [1.54, 1.807) is 0 Å². The van der Waals surface area contributed by atoms with Crippen LogP contribution in [0.3, 0.4) is 0 Å². The minimum absolute atomic E-state index is 0.910. The fraction of sp³-hybridized carbons (Fsp3) is 0.917. The zero-order chi connectivity index (χ0) is 29.2. The quantitative estimate of drug-likeness (QED) is 0.166. The van der Waals surface area contributed by atoms with Crippen molar-refractivity contribution in [2.75, 3.05) is 69.5 Å². The molecule has 0 aliphatic heterocycles. The lowest BCUT2D eigenvalue weighted by molar-refractivity contribution is 0.309. The van der Waals surface area contributed by atoms with Crippen molar-refractivity contribution in [3.8, 4) is 0 Å². The van der Waals surface area contributed by atoms with Gasteiger partial charge in [-0.3, -0.25) is 9.98 Å². The number of guanidine groups is 2. The maximum atomic E-state index is 7.19. The summed E-state index contributed by atoms with van der Waals surface area (Å²) in [6, 6.07) is 1.88. The molecular formula is C24H60N6O3Si4. The van der Waals surface area contributed by atoms with Crippen LogP contribution in [-0.4, -0.2) is 135 Å². The monoisotopic (exact) mass is 592 g/mol. The van der Waals surface area contributed by atoms with Crippen molar-refractivity contribution in [1.82, 2.24) is 19.6 Å². The van der Waals surface area contributed by atoms with Crippen molar-refractivity contribution in [3.05, 3.63) is 0 Å². The molecule has 0 amide bonds. The van der Waals surface area contributed by atoms with Crippen LogP contribution in [0.15, 0.2) is 9.98 Å². The van der Waals surface area contributed by atoms with Crippen LogP contribution in [0, 0.1) is 0 Å². The van der Waals surface area contributed by atoms with E-state index >= 15 is 0 Å². The zero-order valence-corrected chi connectivity index (χ0v) is 31.2. The molecule has 0 spiro atoms. The van der Waals surface area contributed by atoms with E-state index in [2.05, 4.69) is 96.1 Å². The number of nitrogens with zero attached hydrogens (tertiary/aromatic N) is 6. The zero-order valence-electron chi connectivity index (χ0n) is 27.2. The highest BCUT2D eigenvalue weighted by Crippen LogP contribution is 2.31. The summed E-state index contributed by atoms with van der Waals surface area (Å²) >= 11 is 0. The Hall–Kier alpha value is -0.712. The third-order valence-corrected chi connectivity index (χ3v) is 19.9. The Morgan fingerprint density at radius 3 is 1.05 bits per heavy atom. The number of aliphatic imine (C=N–C) groups is 2. The van der Waals surface area contributed by atoms with Crippen LogP contribution >= 0.6 is 0 Å². The van der Waals surface area contributed by atoms with Crippen molar-refractivity contribution < 1.29 is 12.3 Å². The average molecular weight is 593 g/mol. The molecule has 2 atom stereocenters. The fourth-order valence-electron chi connectivity index (χ4n) is 4.90. The van der Waals surface area contributed by atoms with Crippen LogP contribution in [0.5, 0.6) is 0 Å². The molecule has 0 N–H and O–H groups in total. The second kappa shape index (κ2) is 15.2. The Morgan fingerprint density at radius 1 is 0.541 bits per heavy atom. The summed E-state index contributed by atoms with van der Waals surface area (Å²) in [4.78, 5) is 17.4. The van der Waals surface area contributed by atoms with Crippen LogP contribution in [0.4, 0.5) is 0 Å². The molecule has 37 heavy (non-hydrogen) atoms. The SMILES string of the molecule is CN=C(N(C)C)N(C)CCC[Si](C)(O[Si](C)(C)C)O[Si](C)(CCCN(C)C(=NC)N(C)C)O[Si](C)(C)C. The first kappa shape index (κ1) is 36.3. The van der Waals surface area contributed by atoms with Gasteiger partial charge in [0.2, 0.25) is 0 Å². The Kier molecular flexibility index (Phi) is 14.9. The molecular weight excluding hydrogens is 533 g/mol. The van der Waals surface area contributed by atoms with Gasteiger partial charge < -0.3 is 31.9 Å². The van der Waals surface area contributed by atoms with E-state index in [-0.39, 0.29) is 0 Å². The lowest BCUT2D eigenvalue weighted by Crippen LogP contribution is -2.58. The van der Waals surface area contributed by atoms with Gasteiger partial charge >= 0.3 is 17.1 Å². The molecule has 0 saturated heterocycles. The molecule has 0 heterocycles. The van der Waals surface area contributed by atoms with Gasteiger partial charge in [0.15, 0.2) is 28.6 Å². The van der Waals surface area contributed by atoms with E-state index in [0.717, 1.165) is 49.9 Å². The molecule has 0 aromatic rings. The molecule has 0 aliphatic carbocycles. The molecule has 0 rings (SSSR count). The largest absolute Gasteiger partial charge is 0.437 e. The van der Waals surface area contributed by atoms with Crippen molar-refractivity contribution >= 4 is 45.7 Å². The Morgan fingerprint density at radius 2 is 0.838 bits per heavy atom. The minimum Gasteiger partial charge on any atom is -0.437 e. The molecule has 9 nitrogen and oxygen atoms in total. The van der Waals surface area contributed by atoms with E-state index in [0.29, 0.717) is 0 Å². The van der Waals surface area contributed by atoms with Gasteiger partial charge in [-0.05, 0) is 77.3 Å². The predicted molar refractivity (Wildman–Crippen MR) is 171 cm³/mol.